The van der Waals surface area contributed by atoms with E-state index in [2.05, 4.69) is 15.3 Å². The summed E-state index contributed by atoms with van der Waals surface area (Å²) in [6.07, 6.45) is 2.36. The van der Waals surface area contributed by atoms with Crippen molar-refractivity contribution in [2.75, 3.05) is 13.1 Å². The molecule has 1 aliphatic rings. The lowest BCUT2D eigenvalue weighted by Gasteiger charge is -2.32. The van der Waals surface area contributed by atoms with E-state index >= 15 is 0 Å². The molecule has 4 rings (SSSR count). The lowest BCUT2D eigenvalue weighted by molar-refractivity contribution is -0.135. The van der Waals surface area contributed by atoms with Crippen molar-refractivity contribution >= 4 is 34.3 Å². The predicted octanol–water partition coefficient (Wildman–Crippen LogP) is 2.68. The van der Waals surface area contributed by atoms with E-state index < -0.39 is 18.1 Å². The standard InChI is InChI=1S/C22H22ClFN4O3/c23-20-11-17-14(12-25-20)10-18(26-17)21(30)27-19(9-13-1-3-15(24)4-2-13)22(31)28-7-5-16(29)6-8-28/h1-4,10-12,16,19,26,29H,5-9H2,(H,27,30)/t19-/m0/s1. The first-order valence-electron chi connectivity index (χ1n) is 10.1. The van der Waals surface area contributed by atoms with Crippen molar-refractivity contribution in [1.82, 2.24) is 20.2 Å². The molecule has 1 fully saturated rings. The Labute approximate surface area is 183 Å². The van der Waals surface area contributed by atoms with Gasteiger partial charge in [-0.25, -0.2) is 9.37 Å². The Hall–Kier alpha value is -2.97. The lowest BCUT2D eigenvalue weighted by atomic mass is 10.0. The van der Waals surface area contributed by atoms with Gasteiger partial charge in [0, 0.05) is 31.1 Å². The summed E-state index contributed by atoms with van der Waals surface area (Å²) in [7, 11) is 0. The fourth-order valence-corrected chi connectivity index (χ4v) is 3.88. The van der Waals surface area contributed by atoms with Crippen molar-refractivity contribution in [3.63, 3.8) is 0 Å². The largest absolute Gasteiger partial charge is 0.393 e. The van der Waals surface area contributed by atoms with Crippen LogP contribution in [0, 0.1) is 5.82 Å². The summed E-state index contributed by atoms with van der Waals surface area (Å²) in [5, 5.41) is 13.6. The lowest BCUT2D eigenvalue weighted by Crippen LogP contribution is -2.52. The Balaban J connectivity index is 1.55. The average molecular weight is 445 g/mol. The van der Waals surface area contributed by atoms with Gasteiger partial charge in [-0.1, -0.05) is 23.7 Å². The molecule has 0 unspecified atom stereocenters. The quantitative estimate of drug-likeness (QED) is 0.527. The molecule has 0 spiro atoms. The highest BCUT2D eigenvalue weighted by Crippen LogP contribution is 2.19. The Morgan fingerprint density at radius 2 is 1.97 bits per heavy atom. The van der Waals surface area contributed by atoms with Crippen LogP contribution in [0.3, 0.4) is 0 Å². The molecule has 9 heteroatoms. The number of H-pyrrole nitrogens is 1. The van der Waals surface area contributed by atoms with Crippen molar-refractivity contribution in [1.29, 1.82) is 0 Å². The van der Waals surface area contributed by atoms with Crippen LogP contribution in [0.2, 0.25) is 5.15 Å². The molecular weight excluding hydrogens is 423 g/mol. The highest BCUT2D eigenvalue weighted by atomic mass is 35.5. The zero-order chi connectivity index (χ0) is 22.0. The van der Waals surface area contributed by atoms with Crippen molar-refractivity contribution in [3.8, 4) is 0 Å². The SMILES string of the molecule is O=C(N[C@@H](Cc1ccc(F)cc1)C(=O)N1CCC(O)CC1)c1cc2cnc(Cl)cc2[nH]1. The van der Waals surface area contributed by atoms with E-state index in [0.29, 0.717) is 36.6 Å². The van der Waals surface area contributed by atoms with E-state index in [1.54, 1.807) is 35.4 Å². The second-order valence-electron chi connectivity index (χ2n) is 7.69. The predicted molar refractivity (Wildman–Crippen MR) is 114 cm³/mol. The van der Waals surface area contributed by atoms with Crippen LogP contribution >= 0.6 is 11.6 Å². The molecule has 7 nitrogen and oxygen atoms in total. The number of likely N-dealkylation sites (tertiary alicyclic amines) is 1. The Morgan fingerprint density at radius 1 is 1.26 bits per heavy atom. The Bertz CT molecular complexity index is 1090. The number of nitrogens with zero attached hydrogens (tertiary/aromatic N) is 2. The van der Waals surface area contributed by atoms with Crippen molar-refractivity contribution in [2.24, 2.45) is 0 Å². The van der Waals surface area contributed by atoms with Crippen LogP contribution in [-0.4, -0.2) is 57.0 Å². The van der Waals surface area contributed by atoms with Gasteiger partial charge in [0.1, 0.15) is 22.7 Å². The topological polar surface area (TPSA) is 98.3 Å². The van der Waals surface area contributed by atoms with Gasteiger partial charge < -0.3 is 20.3 Å². The zero-order valence-electron chi connectivity index (χ0n) is 16.6. The van der Waals surface area contributed by atoms with Crippen LogP contribution in [0.15, 0.2) is 42.6 Å². The van der Waals surface area contributed by atoms with Gasteiger partial charge in [0.2, 0.25) is 5.91 Å². The smallest absolute Gasteiger partial charge is 0.268 e. The number of piperidine rings is 1. The number of hydrogen-bond donors (Lipinski definition) is 3. The van der Waals surface area contributed by atoms with Crippen molar-refractivity contribution < 1.29 is 19.1 Å². The number of rotatable bonds is 5. The van der Waals surface area contributed by atoms with Crippen molar-refractivity contribution in [2.45, 2.75) is 31.4 Å². The van der Waals surface area contributed by atoms with Crippen LogP contribution in [0.1, 0.15) is 28.9 Å². The fourth-order valence-electron chi connectivity index (χ4n) is 3.72. The molecule has 3 N–H and O–H groups in total. The minimum Gasteiger partial charge on any atom is -0.393 e. The third-order valence-electron chi connectivity index (χ3n) is 5.45. The number of aromatic amines is 1. The molecular formula is C22H22ClFN4O3. The summed E-state index contributed by atoms with van der Waals surface area (Å²) < 4.78 is 13.3. The molecule has 2 aromatic heterocycles. The second kappa shape index (κ2) is 9.03. The number of carbonyl (C=O) groups is 2. The molecule has 31 heavy (non-hydrogen) atoms. The molecule has 162 valence electrons. The maximum absolute atomic E-state index is 13.3. The number of aliphatic hydroxyl groups excluding tert-OH is 1. The Kier molecular flexibility index (Phi) is 6.20. The van der Waals surface area contributed by atoms with Crippen LogP contribution < -0.4 is 5.32 Å². The summed E-state index contributed by atoms with van der Waals surface area (Å²) in [4.78, 5) is 34.7. The zero-order valence-corrected chi connectivity index (χ0v) is 17.4. The third kappa shape index (κ3) is 5.03. The molecule has 3 aromatic rings. The van der Waals surface area contributed by atoms with Gasteiger partial charge in [-0.15, -0.1) is 0 Å². The molecule has 0 saturated carbocycles. The molecule has 0 radical (unpaired) electrons. The van der Waals surface area contributed by atoms with Crippen LogP contribution in [0.25, 0.3) is 10.9 Å². The summed E-state index contributed by atoms with van der Waals surface area (Å²) in [6, 6.07) is 8.27. The van der Waals surface area contributed by atoms with Crippen molar-refractivity contribution in [3.05, 3.63) is 64.8 Å². The molecule has 0 bridgehead atoms. The second-order valence-corrected chi connectivity index (χ2v) is 8.08. The number of nitrogens with one attached hydrogen (secondary N) is 2. The number of carbonyl (C=O) groups excluding carboxylic acids is 2. The minimum atomic E-state index is -0.832. The maximum Gasteiger partial charge on any atom is 0.268 e. The molecule has 1 aliphatic heterocycles. The van der Waals surface area contributed by atoms with Gasteiger partial charge in [-0.2, -0.15) is 0 Å². The van der Waals surface area contributed by atoms with E-state index in [0.717, 1.165) is 10.9 Å². The molecule has 2 amide bonds. The summed E-state index contributed by atoms with van der Waals surface area (Å²) >= 11 is 5.90. The van der Waals surface area contributed by atoms with E-state index in [-0.39, 0.29) is 23.8 Å². The average Bonchev–Trinajstić information content (AvgIpc) is 3.18. The van der Waals surface area contributed by atoms with Gasteiger partial charge in [0.25, 0.3) is 5.91 Å². The van der Waals surface area contributed by atoms with Gasteiger partial charge in [0.05, 0.1) is 11.6 Å². The number of benzene rings is 1. The van der Waals surface area contributed by atoms with Gasteiger partial charge in [-0.05, 0) is 42.7 Å². The minimum absolute atomic E-state index is 0.220. The summed E-state index contributed by atoms with van der Waals surface area (Å²) in [5.74, 6) is -1.04. The summed E-state index contributed by atoms with van der Waals surface area (Å²) in [6.45, 7) is 0.846. The number of aliphatic hydroxyl groups is 1. The molecule has 1 saturated heterocycles. The maximum atomic E-state index is 13.3. The highest BCUT2D eigenvalue weighted by Gasteiger charge is 2.29. The highest BCUT2D eigenvalue weighted by molar-refractivity contribution is 6.30. The van der Waals surface area contributed by atoms with E-state index in [9.17, 15) is 19.1 Å². The molecule has 3 heterocycles. The Morgan fingerprint density at radius 3 is 2.68 bits per heavy atom. The van der Waals surface area contributed by atoms with Crippen LogP contribution in [0.4, 0.5) is 4.39 Å². The van der Waals surface area contributed by atoms with E-state index in [1.807, 2.05) is 0 Å². The van der Waals surface area contributed by atoms with Crippen LogP contribution in [0.5, 0.6) is 0 Å². The molecule has 1 atom stereocenters. The number of halogens is 2. The fraction of sp³-hybridized carbons (Fsp3) is 0.318. The van der Waals surface area contributed by atoms with E-state index in [1.165, 1.54) is 12.1 Å². The monoisotopic (exact) mass is 444 g/mol. The number of hydrogen-bond acceptors (Lipinski definition) is 4. The number of fused-ring (bicyclic) bond motifs is 1. The molecule has 1 aromatic carbocycles. The summed E-state index contributed by atoms with van der Waals surface area (Å²) in [5.41, 5.74) is 1.67. The normalized spacial score (nSPS) is 15.8. The first kappa shape index (κ1) is 21.3. The van der Waals surface area contributed by atoms with E-state index in [4.69, 9.17) is 11.6 Å². The molecule has 0 aliphatic carbocycles. The first-order valence-corrected chi connectivity index (χ1v) is 10.4. The number of pyridine rings is 1. The van der Waals surface area contributed by atoms with Gasteiger partial charge in [-0.3, -0.25) is 9.59 Å². The number of aromatic nitrogens is 2. The third-order valence-corrected chi connectivity index (χ3v) is 5.65. The van der Waals surface area contributed by atoms with Gasteiger partial charge >= 0.3 is 0 Å². The van der Waals surface area contributed by atoms with Gasteiger partial charge in [0.15, 0.2) is 0 Å². The van der Waals surface area contributed by atoms with Crippen LogP contribution in [-0.2, 0) is 11.2 Å². The number of amides is 2. The first-order chi connectivity index (χ1) is 14.9.